The molecule has 1 amide bonds. The summed E-state index contributed by atoms with van der Waals surface area (Å²) < 4.78 is 0.902. The molecule has 0 aliphatic carbocycles. The van der Waals surface area contributed by atoms with E-state index in [4.69, 9.17) is 5.84 Å². The lowest BCUT2D eigenvalue weighted by Gasteiger charge is -2.06. The quantitative estimate of drug-likeness (QED) is 0.601. The minimum absolute atomic E-state index is 0.216. The number of anilines is 2. The highest BCUT2D eigenvalue weighted by atomic mass is 79.9. The van der Waals surface area contributed by atoms with Crippen LogP contribution in [0.1, 0.15) is 10.4 Å². The molecule has 2 aromatic rings. The van der Waals surface area contributed by atoms with Crippen LogP contribution in [0.25, 0.3) is 0 Å². The Kier molecular flexibility index (Phi) is 3.91. The van der Waals surface area contributed by atoms with Crippen molar-refractivity contribution in [1.82, 2.24) is 4.98 Å². The number of hydrogen-bond acceptors (Lipinski definition) is 4. The fourth-order valence-electron chi connectivity index (χ4n) is 1.42. The minimum atomic E-state index is -0.216. The normalized spacial score (nSPS) is 9.89. The molecule has 1 aromatic carbocycles. The first-order chi connectivity index (χ1) is 8.69. The second-order valence-corrected chi connectivity index (χ2v) is 4.45. The van der Waals surface area contributed by atoms with Crippen LogP contribution in [0.15, 0.2) is 47.1 Å². The van der Waals surface area contributed by atoms with Crippen LogP contribution in [0.3, 0.4) is 0 Å². The zero-order chi connectivity index (χ0) is 13.0. The maximum absolute atomic E-state index is 12.0. The Bertz CT molecular complexity index is 574. The maximum Gasteiger partial charge on any atom is 0.255 e. The van der Waals surface area contributed by atoms with Crippen molar-refractivity contribution in [1.29, 1.82) is 0 Å². The SMILES string of the molecule is NNc1cc(C(=O)Nc2cccc(Br)c2)ccn1. The van der Waals surface area contributed by atoms with E-state index in [1.807, 2.05) is 24.3 Å². The Hall–Kier alpha value is -1.92. The number of nitrogen functional groups attached to an aromatic ring is 1. The van der Waals surface area contributed by atoms with Gasteiger partial charge >= 0.3 is 0 Å². The lowest BCUT2D eigenvalue weighted by molar-refractivity contribution is 0.102. The van der Waals surface area contributed by atoms with Crippen LogP contribution >= 0.6 is 15.9 Å². The summed E-state index contributed by atoms with van der Waals surface area (Å²) in [6, 6.07) is 10.6. The fraction of sp³-hybridized carbons (Fsp3) is 0. The van der Waals surface area contributed by atoms with Gasteiger partial charge in [0.2, 0.25) is 0 Å². The molecule has 5 nitrogen and oxygen atoms in total. The third-order valence-electron chi connectivity index (χ3n) is 2.25. The van der Waals surface area contributed by atoms with Gasteiger partial charge in [-0.3, -0.25) is 4.79 Å². The molecule has 4 N–H and O–H groups in total. The van der Waals surface area contributed by atoms with E-state index in [9.17, 15) is 4.79 Å². The molecule has 92 valence electrons. The van der Waals surface area contributed by atoms with Crippen LogP contribution in [0, 0.1) is 0 Å². The summed E-state index contributed by atoms with van der Waals surface area (Å²) in [4.78, 5) is 15.9. The Morgan fingerprint density at radius 3 is 2.83 bits per heavy atom. The van der Waals surface area contributed by atoms with E-state index in [1.54, 1.807) is 12.1 Å². The van der Waals surface area contributed by atoms with Gasteiger partial charge in [0.05, 0.1) is 0 Å². The van der Waals surface area contributed by atoms with Gasteiger partial charge in [-0.25, -0.2) is 10.8 Å². The van der Waals surface area contributed by atoms with Gasteiger partial charge in [0.15, 0.2) is 0 Å². The van der Waals surface area contributed by atoms with Crippen molar-refractivity contribution in [2.45, 2.75) is 0 Å². The largest absolute Gasteiger partial charge is 0.322 e. The zero-order valence-corrected chi connectivity index (χ0v) is 10.9. The molecule has 0 radical (unpaired) electrons. The molecule has 0 spiro atoms. The van der Waals surface area contributed by atoms with Crippen molar-refractivity contribution in [2.24, 2.45) is 5.84 Å². The van der Waals surface area contributed by atoms with Crippen molar-refractivity contribution >= 4 is 33.3 Å². The van der Waals surface area contributed by atoms with Gasteiger partial charge < -0.3 is 10.7 Å². The first-order valence-electron chi connectivity index (χ1n) is 5.18. The van der Waals surface area contributed by atoms with Crippen LogP contribution < -0.4 is 16.6 Å². The molecule has 0 bridgehead atoms. The summed E-state index contributed by atoms with van der Waals surface area (Å²) in [6.45, 7) is 0. The van der Waals surface area contributed by atoms with Crippen LogP contribution in [0.5, 0.6) is 0 Å². The molecular weight excluding hydrogens is 296 g/mol. The first-order valence-corrected chi connectivity index (χ1v) is 5.98. The summed E-state index contributed by atoms with van der Waals surface area (Å²) in [5.41, 5.74) is 3.60. The number of benzene rings is 1. The highest BCUT2D eigenvalue weighted by Crippen LogP contribution is 2.16. The van der Waals surface area contributed by atoms with Crippen molar-refractivity contribution in [3.8, 4) is 0 Å². The number of amides is 1. The summed E-state index contributed by atoms with van der Waals surface area (Å²) >= 11 is 3.34. The molecule has 0 saturated carbocycles. The highest BCUT2D eigenvalue weighted by molar-refractivity contribution is 9.10. The van der Waals surface area contributed by atoms with E-state index in [2.05, 4.69) is 31.7 Å². The molecule has 0 saturated heterocycles. The lowest BCUT2D eigenvalue weighted by atomic mass is 10.2. The molecule has 1 aromatic heterocycles. The predicted molar refractivity (Wildman–Crippen MR) is 74.1 cm³/mol. The van der Waals surface area contributed by atoms with E-state index in [0.717, 1.165) is 4.47 Å². The fourth-order valence-corrected chi connectivity index (χ4v) is 1.82. The number of pyridine rings is 1. The Morgan fingerprint density at radius 1 is 1.28 bits per heavy atom. The maximum atomic E-state index is 12.0. The molecule has 18 heavy (non-hydrogen) atoms. The van der Waals surface area contributed by atoms with Crippen molar-refractivity contribution in [3.63, 3.8) is 0 Å². The van der Waals surface area contributed by atoms with Gasteiger partial charge in [-0.15, -0.1) is 0 Å². The Labute approximate surface area is 113 Å². The average molecular weight is 307 g/mol. The minimum Gasteiger partial charge on any atom is -0.322 e. The molecule has 0 aliphatic heterocycles. The van der Waals surface area contributed by atoms with E-state index in [-0.39, 0.29) is 5.91 Å². The van der Waals surface area contributed by atoms with Crippen molar-refractivity contribution < 1.29 is 4.79 Å². The third-order valence-corrected chi connectivity index (χ3v) is 2.75. The van der Waals surface area contributed by atoms with Gasteiger partial charge in [0, 0.05) is 21.9 Å². The molecule has 2 rings (SSSR count). The molecular formula is C12H11BrN4O. The van der Waals surface area contributed by atoms with E-state index >= 15 is 0 Å². The van der Waals surface area contributed by atoms with Gasteiger partial charge in [-0.1, -0.05) is 22.0 Å². The smallest absolute Gasteiger partial charge is 0.255 e. The second-order valence-electron chi connectivity index (χ2n) is 3.54. The van der Waals surface area contributed by atoms with Crippen molar-refractivity contribution in [2.75, 3.05) is 10.7 Å². The number of hydrogen-bond donors (Lipinski definition) is 3. The summed E-state index contributed by atoms with van der Waals surface area (Å²) in [5.74, 6) is 5.47. The van der Waals surface area contributed by atoms with Crippen molar-refractivity contribution in [3.05, 3.63) is 52.6 Å². The van der Waals surface area contributed by atoms with E-state index in [0.29, 0.717) is 17.1 Å². The summed E-state index contributed by atoms with van der Waals surface area (Å²) in [7, 11) is 0. The molecule has 1 heterocycles. The zero-order valence-electron chi connectivity index (χ0n) is 9.35. The van der Waals surface area contributed by atoms with Gasteiger partial charge in [0.25, 0.3) is 5.91 Å². The number of nitrogens with two attached hydrogens (primary N) is 1. The average Bonchev–Trinajstić information content (AvgIpc) is 2.39. The van der Waals surface area contributed by atoms with Crippen LogP contribution in [0.2, 0.25) is 0 Å². The molecule has 0 aliphatic rings. The number of nitrogens with zero attached hydrogens (tertiary/aromatic N) is 1. The van der Waals surface area contributed by atoms with Crippen LogP contribution in [0.4, 0.5) is 11.5 Å². The van der Waals surface area contributed by atoms with E-state index < -0.39 is 0 Å². The number of carbonyl (C=O) groups is 1. The van der Waals surface area contributed by atoms with Crippen LogP contribution in [-0.4, -0.2) is 10.9 Å². The third kappa shape index (κ3) is 3.06. The highest BCUT2D eigenvalue weighted by Gasteiger charge is 2.07. The summed E-state index contributed by atoms with van der Waals surface area (Å²) in [6.07, 6.45) is 1.52. The number of hydrazine groups is 1. The topological polar surface area (TPSA) is 80.0 Å². The number of carbonyl (C=O) groups excluding carboxylic acids is 1. The van der Waals surface area contributed by atoms with Gasteiger partial charge in [-0.2, -0.15) is 0 Å². The molecule has 6 heteroatoms. The molecule has 0 unspecified atom stereocenters. The Morgan fingerprint density at radius 2 is 2.11 bits per heavy atom. The summed E-state index contributed by atoms with van der Waals surface area (Å²) in [5, 5.41) is 2.79. The van der Waals surface area contributed by atoms with Crippen LogP contribution in [-0.2, 0) is 0 Å². The van der Waals surface area contributed by atoms with Gasteiger partial charge in [-0.05, 0) is 30.3 Å². The number of aromatic nitrogens is 1. The molecule has 0 atom stereocenters. The predicted octanol–water partition coefficient (Wildman–Crippen LogP) is 2.38. The van der Waals surface area contributed by atoms with Gasteiger partial charge in [0.1, 0.15) is 5.82 Å². The number of halogens is 1. The standard InChI is InChI=1S/C12H11BrN4O/c13-9-2-1-3-10(7-9)16-12(18)8-4-5-15-11(6-8)17-14/h1-7H,14H2,(H,15,17)(H,16,18). The number of nitrogens with one attached hydrogen (secondary N) is 2. The Balaban J connectivity index is 2.16. The van der Waals surface area contributed by atoms with E-state index in [1.165, 1.54) is 6.20 Å². The second kappa shape index (κ2) is 5.61. The monoisotopic (exact) mass is 306 g/mol. The lowest BCUT2D eigenvalue weighted by Crippen LogP contribution is -2.14. The number of rotatable bonds is 3. The molecule has 0 fully saturated rings. The first kappa shape index (κ1) is 12.5.